The van der Waals surface area contributed by atoms with Crippen LogP contribution in [0.3, 0.4) is 0 Å². The number of hydrogen-bond donors (Lipinski definition) is 2. The number of carbonyl (C=O) groups is 3. The monoisotopic (exact) mass is 336 g/mol. The Bertz CT molecular complexity index is 627. The van der Waals surface area contributed by atoms with Crippen LogP contribution in [-0.2, 0) is 19.7 Å². The largest absolute Gasteiger partial charge is 0.455 e. The summed E-state index contributed by atoms with van der Waals surface area (Å²) in [5.74, 6) is -1.68. The van der Waals surface area contributed by atoms with Gasteiger partial charge in [0.2, 0.25) is 0 Å². The van der Waals surface area contributed by atoms with E-state index >= 15 is 0 Å². The van der Waals surface area contributed by atoms with Crippen molar-refractivity contribution in [2.24, 2.45) is 0 Å². The van der Waals surface area contributed by atoms with E-state index in [4.69, 9.17) is 4.74 Å². The van der Waals surface area contributed by atoms with E-state index in [2.05, 4.69) is 10.6 Å². The summed E-state index contributed by atoms with van der Waals surface area (Å²) in [6, 6.07) is 5.27. The van der Waals surface area contributed by atoms with Crippen molar-refractivity contribution in [3.05, 3.63) is 35.6 Å². The summed E-state index contributed by atoms with van der Waals surface area (Å²) < 4.78 is 18.6. The fourth-order valence-electron chi connectivity index (χ4n) is 3.01. The van der Waals surface area contributed by atoms with Gasteiger partial charge in [0, 0.05) is 6.54 Å². The van der Waals surface area contributed by atoms with Gasteiger partial charge in [0.05, 0.1) is 5.41 Å². The third kappa shape index (κ3) is 4.10. The van der Waals surface area contributed by atoms with Crippen molar-refractivity contribution in [1.29, 1.82) is 0 Å². The van der Waals surface area contributed by atoms with Gasteiger partial charge in [-0.25, -0.2) is 9.18 Å². The molecule has 1 aliphatic rings. The summed E-state index contributed by atoms with van der Waals surface area (Å²) in [7, 11) is 0. The molecule has 0 radical (unpaired) electrons. The first-order valence-corrected chi connectivity index (χ1v) is 7.99. The number of rotatable bonds is 5. The van der Waals surface area contributed by atoms with Crippen molar-refractivity contribution in [3.8, 4) is 0 Å². The maximum Gasteiger partial charge on any atom is 0.321 e. The van der Waals surface area contributed by atoms with Crippen molar-refractivity contribution >= 4 is 17.9 Å². The third-order valence-electron chi connectivity index (χ3n) is 4.15. The molecule has 24 heavy (non-hydrogen) atoms. The minimum absolute atomic E-state index is 0.377. The van der Waals surface area contributed by atoms with E-state index in [1.165, 1.54) is 12.1 Å². The molecule has 2 N–H and O–H groups in total. The molecule has 0 heterocycles. The number of esters is 1. The Morgan fingerprint density at radius 1 is 1.25 bits per heavy atom. The van der Waals surface area contributed by atoms with Gasteiger partial charge in [0.15, 0.2) is 6.61 Å². The zero-order valence-corrected chi connectivity index (χ0v) is 13.6. The number of nitrogens with one attached hydrogen (secondary N) is 2. The molecule has 0 spiro atoms. The first-order valence-electron chi connectivity index (χ1n) is 7.99. The number of halogens is 1. The summed E-state index contributed by atoms with van der Waals surface area (Å²) in [6.45, 7) is 1.54. The summed E-state index contributed by atoms with van der Waals surface area (Å²) in [4.78, 5) is 35.5. The van der Waals surface area contributed by atoms with Crippen LogP contribution < -0.4 is 10.6 Å². The zero-order chi connectivity index (χ0) is 17.6. The quantitative estimate of drug-likeness (QED) is 0.806. The number of hydrogen-bond acceptors (Lipinski definition) is 4. The number of benzene rings is 1. The molecule has 0 aromatic heterocycles. The van der Waals surface area contributed by atoms with Gasteiger partial charge < -0.3 is 10.1 Å². The summed E-state index contributed by atoms with van der Waals surface area (Å²) in [5.41, 5.74) is -0.359. The number of ether oxygens (including phenoxy) is 1. The topological polar surface area (TPSA) is 84.5 Å². The Hall–Kier alpha value is -2.44. The van der Waals surface area contributed by atoms with E-state index in [-0.39, 0.29) is 0 Å². The normalized spacial score (nSPS) is 15.6. The number of urea groups is 1. The maximum absolute atomic E-state index is 13.5. The van der Waals surface area contributed by atoms with Gasteiger partial charge in [0.25, 0.3) is 5.91 Å². The van der Waals surface area contributed by atoms with Crippen molar-refractivity contribution in [2.45, 2.75) is 38.0 Å². The minimum atomic E-state index is -0.923. The fraction of sp³-hybridized carbons (Fsp3) is 0.471. The molecule has 7 heteroatoms. The number of carbonyl (C=O) groups excluding carboxylic acids is 3. The van der Waals surface area contributed by atoms with Gasteiger partial charge >= 0.3 is 12.0 Å². The molecule has 1 fully saturated rings. The lowest BCUT2D eigenvalue weighted by atomic mass is 9.79. The molecule has 130 valence electrons. The smallest absolute Gasteiger partial charge is 0.321 e. The molecule has 2 rings (SSSR count). The molecule has 0 aliphatic heterocycles. The Labute approximate surface area is 139 Å². The zero-order valence-electron chi connectivity index (χ0n) is 13.6. The average Bonchev–Trinajstić information content (AvgIpc) is 3.04. The first kappa shape index (κ1) is 17.9. The van der Waals surface area contributed by atoms with E-state index in [0.29, 0.717) is 24.9 Å². The van der Waals surface area contributed by atoms with E-state index in [0.717, 1.165) is 12.8 Å². The molecule has 0 saturated heterocycles. The van der Waals surface area contributed by atoms with Crippen molar-refractivity contribution in [1.82, 2.24) is 10.6 Å². The van der Waals surface area contributed by atoms with Gasteiger partial charge in [-0.15, -0.1) is 0 Å². The highest BCUT2D eigenvalue weighted by Crippen LogP contribution is 2.42. The van der Waals surface area contributed by atoms with E-state index in [1.54, 1.807) is 19.1 Å². The molecule has 1 saturated carbocycles. The molecule has 6 nitrogen and oxygen atoms in total. The van der Waals surface area contributed by atoms with Crippen LogP contribution in [0.25, 0.3) is 0 Å². The fourth-order valence-corrected chi connectivity index (χ4v) is 3.01. The van der Waals surface area contributed by atoms with Gasteiger partial charge in [-0.1, -0.05) is 25.0 Å². The second kappa shape index (κ2) is 7.90. The summed E-state index contributed by atoms with van der Waals surface area (Å²) in [6.07, 6.45) is 2.76. The standard InChI is InChI=1S/C17H21FN2O4/c1-2-19-16(23)20-14(21)11-24-15(22)17(8-3-4-9-17)12-6-5-7-13(18)10-12/h5-7,10H,2-4,8-9,11H2,1H3,(H2,19,20,21,23). The van der Waals surface area contributed by atoms with Crippen molar-refractivity contribution < 1.29 is 23.5 Å². The molecule has 1 aliphatic carbocycles. The Morgan fingerprint density at radius 3 is 2.58 bits per heavy atom. The third-order valence-corrected chi connectivity index (χ3v) is 4.15. The molecule has 1 aromatic rings. The van der Waals surface area contributed by atoms with Crippen LogP contribution in [0.5, 0.6) is 0 Å². The molecular weight excluding hydrogens is 315 g/mol. The Morgan fingerprint density at radius 2 is 1.96 bits per heavy atom. The Kier molecular flexibility index (Phi) is 5.89. The van der Waals surface area contributed by atoms with Crippen molar-refractivity contribution in [2.75, 3.05) is 13.2 Å². The Balaban J connectivity index is 2.03. The number of amides is 3. The molecule has 0 unspecified atom stereocenters. The lowest BCUT2D eigenvalue weighted by Gasteiger charge is -2.27. The van der Waals surface area contributed by atoms with Gasteiger partial charge in [0.1, 0.15) is 5.82 Å². The van der Waals surface area contributed by atoms with Crippen LogP contribution in [0, 0.1) is 5.82 Å². The highest BCUT2D eigenvalue weighted by molar-refractivity contribution is 5.96. The summed E-state index contributed by atoms with van der Waals surface area (Å²) >= 11 is 0. The minimum Gasteiger partial charge on any atom is -0.455 e. The highest BCUT2D eigenvalue weighted by Gasteiger charge is 2.44. The molecule has 0 bridgehead atoms. The van der Waals surface area contributed by atoms with Crippen LogP contribution in [0.15, 0.2) is 24.3 Å². The molecule has 1 aromatic carbocycles. The second-order valence-corrected chi connectivity index (χ2v) is 5.78. The van der Waals surface area contributed by atoms with E-state index in [1.807, 2.05) is 0 Å². The van der Waals surface area contributed by atoms with Gasteiger partial charge in [-0.2, -0.15) is 0 Å². The lowest BCUT2D eigenvalue weighted by Crippen LogP contribution is -2.42. The van der Waals surface area contributed by atoms with Crippen LogP contribution in [-0.4, -0.2) is 31.1 Å². The van der Waals surface area contributed by atoms with Gasteiger partial charge in [-0.05, 0) is 37.5 Å². The number of imide groups is 1. The molecule has 3 amide bonds. The van der Waals surface area contributed by atoms with Crippen LogP contribution >= 0.6 is 0 Å². The van der Waals surface area contributed by atoms with Crippen LogP contribution in [0.4, 0.5) is 9.18 Å². The predicted molar refractivity (Wildman–Crippen MR) is 84.7 cm³/mol. The van der Waals surface area contributed by atoms with Crippen LogP contribution in [0.1, 0.15) is 38.2 Å². The van der Waals surface area contributed by atoms with Gasteiger partial charge in [-0.3, -0.25) is 14.9 Å². The maximum atomic E-state index is 13.5. The summed E-state index contributed by atoms with van der Waals surface area (Å²) in [5, 5.41) is 4.47. The molecule has 0 atom stereocenters. The van der Waals surface area contributed by atoms with Crippen LogP contribution in [0.2, 0.25) is 0 Å². The average molecular weight is 336 g/mol. The van der Waals surface area contributed by atoms with Crippen molar-refractivity contribution in [3.63, 3.8) is 0 Å². The first-order chi connectivity index (χ1) is 11.5. The van der Waals surface area contributed by atoms with E-state index in [9.17, 15) is 18.8 Å². The highest BCUT2D eigenvalue weighted by atomic mass is 19.1. The predicted octanol–water partition coefficient (Wildman–Crippen LogP) is 2.03. The molecular formula is C17H21FN2O4. The van der Waals surface area contributed by atoms with E-state index < -0.39 is 35.7 Å². The lowest BCUT2D eigenvalue weighted by molar-refractivity contribution is -0.154. The second-order valence-electron chi connectivity index (χ2n) is 5.78. The SMILES string of the molecule is CCNC(=O)NC(=O)COC(=O)C1(c2cccc(F)c2)CCCC1.